The summed E-state index contributed by atoms with van der Waals surface area (Å²) in [6.45, 7) is 3.00. The molecule has 0 spiro atoms. The van der Waals surface area contributed by atoms with E-state index < -0.39 is 24.0 Å². The molecule has 0 bridgehead atoms. The molecule has 2 aromatic heterocycles. The highest BCUT2D eigenvalue weighted by Gasteiger charge is 2.40. The second-order valence-electron chi connectivity index (χ2n) is 5.61. The monoisotopic (exact) mass is 322 g/mol. The summed E-state index contributed by atoms with van der Waals surface area (Å²) in [5.74, 6) is -0.230. The number of imidazole rings is 1. The van der Waals surface area contributed by atoms with E-state index in [1.165, 1.54) is 13.3 Å². The first-order valence-corrected chi connectivity index (χ1v) is 7.19. The van der Waals surface area contributed by atoms with Crippen molar-refractivity contribution >= 4 is 23.0 Å². The number of nitrogens with two attached hydrogens (primary N) is 1. The third-order valence-electron chi connectivity index (χ3n) is 3.79. The topological polar surface area (TPSA) is 148 Å². The van der Waals surface area contributed by atoms with Crippen LogP contribution < -0.4 is 16.6 Å². The Morgan fingerprint density at radius 3 is 3.04 bits per heavy atom. The first kappa shape index (κ1) is 15.4. The molecule has 5 N–H and O–H groups in total. The van der Waals surface area contributed by atoms with Gasteiger partial charge in [0.15, 0.2) is 11.2 Å². The van der Waals surface area contributed by atoms with Crippen molar-refractivity contribution < 1.29 is 14.6 Å². The Balaban J connectivity index is 1.96. The van der Waals surface area contributed by atoms with Crippen molar-refractivity contribution in [1.82, 2.24) is 24.8 Å². The van der Waals surface area contributed by atoms with Gasteiger partial charge in [0.1, 0.15) is 12.3 Å². The molecule has 10 heteroatoms. The number of carbonyl (C=O) groups is 1. The number of fused-ring (bicyclic) bond motifs is 1. The fourth-order valence-electron chi connectivity index (χ4n) is 2.87. The molecule has 3 rings (SSSR count). The lowest BCUT2D eigenvalue weighted by Crippen LogP contribution is -2.44. The maximum absolute atomic E-state index is 11.8. The van der Waals surface area contributed by atoms with Gasteiger partial charge in [-0.2, -0.15) is 4.98 Å². The van der Waals surface area contributed by atoms with E-state index >= 15 is 0 Å². The Kier molecular flexibility index (Phi) is 3.78. The summed E-state index contributed by atoms with van der Waals surface area (Å²) in [6.07, 6.45) is -0.0137. The van der Waals surface area contributed by atoms with Gasteiger partial charge in [-0.3, -0.25) is 19.1 Å². The van der Waals surface area contributed by atoms with Gasteiger partial charge in [0, 0.05) is 13.3 Å². The van der Waals surface area contributed by atoms with Crippen molar-refractivity contribution in [3.05, 3.63) is 16.7 Å². The van der Waals surface area contributed by atoms with E-state index in [0.717, 1.165) is 0 Å². The lowest BCUT2D eigenvalue weighted by atomic mass is 10.1. The fourth-order valence-corrected chi connectivity index (χ4v) is 2.87. The van der Waals surface area contributed by atoms with Gasteiger partial charge in [-0.05, 0) is 6.92 Å². The number of H-pyrrole nitrogens is 1. The van der Waals surface area contributed by atoms with E-state index in [2.05, 4.69) is 20.3 Å². The van der Waals surface area contributed by atoms with Crippen LogP contribution in [0.2, 0.25) is 0 Å². The summed E-state index contributed by atoms with van der Waals surface area (Å²) >= 11 is 0. The standard InChI is InChI=1S/C13H18N6O4/c1-5(20)10-7(16-6(2)21)3-8(23-10)19-4-15-9-11(19)17-13(14)18-12(9)22/h4-5,7-8,10,20H,3H2,1-2H3,(H,16,21)(H3,14,17,18,22). The summed E-state index contributed by atoms with van der Waals surface area (Å²) in [6, 6.07) is -0.353. The second kappa shape index (κ2) is 5.63. The molecule has 1 fully saturated rings. The van der Waals surface area contributed by atoms with E-state index in [1.807, 2.05) is 0 Å². The number of nitrogens with zero attached hydrogens (tertiary/aromatic N) is 3. The van der Waals surface area contributed by atoms with E-state index in [4.69, 9.17) is 10.5 Å². The van der Waals surface area contributed by atoms with Crippen LogP contribution >= 0.6 is 0 Å². The number of aliphatic hydroxyl groups is 1. The van der Waals surface area contributed by atoms with E-state index in [1.54, 1.807) is 11.5 Å². The number of aliphatic hydroxyl groups excluding tert-OH is 1. The number of nitrogens with one attached hydrogen (secondary N) is 2. The summed E-state index contributed by atoms with van der Waals surface area (Å²) in [7, 11) is 0. The van der Waals surface area contributed by atoms with Crippen molar-refractivity contribution in [2.45, 2.75) is 44.7 Å². The number of amides is 1. The average Bonchev–Trinajstić information content (AvgIpc) is 3.01. The van der Waals surface area contributed by atoms with Gasteiger partial charge in [-0.1, -0.05) is 0 Å². The summed E-state index contributed by atoms with van der Waals surface area (Å²) in [4.78, 5) is 33.6. The molecule has 1 amide bonds. The smallest absolute Gasteiger partial charge is 0.280 e. The first-order valence-electron chi connectivity index (χ1n) is 7.19. The number of nitrogen functional groups attached to an aromatic ring is 1. The second-order valence-corrected chi connectivity index (χ2v) is 5.61. The number of aromatic amines is 1. The molecule has 0 aliphatic carbocycles. The highest BCUT2D eigenvalue weighted by molar-refractivity contribution is 5.73. The van der Waals surface area contributed by atoms with Crippen LogP contribution in [0.15, 0.2) is 11.1 Å². The van der Waals surface area contributed by atoms with Gasteiger partial charge in [-0.15, -0.1) is 0 Å². The normalized spacial score (nSPS) is 25.6. The number of aromatic nitrogens is 4. The third-order valence-corrected chi connectivity index (χ3v) is 3.79. The van der Waals surface area contributed by atoms with Gasteiger partial charge < -0.3 is 20.9 Å². The molecule has 4 atom stereocenters. The zero-order chi connectivity index (χ0) is 16.7. The molecule has 4 unspecified atom stereocenters. The molecule has 23 heavy (non-hydrogen) atoms. The lowest BCUT2D eigenvalue weighted by Gasteiger charge is -2.21. The number of rotatable bonds is 3. The van der Waals surface area contributed by atoms with Crippen LogP contribution in [0.4, 0.5) is 5.95 Å². The molecule has 1 aliphatic rings. The van der Waals surface area contributed by atoms with Gasteiger partial charge in [0.2, 0.25) is 11.9 Å². The highest BCUT2D eigenvalue weighted by Crippen LogP contribution is 2.32. The van der Waals surface area contributed by atoms with Crippen molar-refractivity contribution in [2.75, 3.05) is 5.73 Å². The minimum Gasteiger partial charge on any atom is -0.391 e. The van der Waals surface area contributed by atoms with Crippen LogP contribution in [-0.2, 0) is 9.53 Å². The SMILES string of the molecule is CC(=O)NC1CC(n2cnc3c(=O)[nH]c(N)nc32)OC1C(C)O. The minimum atomic E-state index is -0.770. The largest absolute Gasteiger partial charge is 0.391 e. The Bertz CT molecular complexity index is 797. The molecule has 0 saturated carbocycles. The molecular weight excluding hydrogens is 304 g/mol. The summed E-state index contributed by atoms with van der Waals surface area (Å²) < 4.78 is 7.42. The molecule has 2 aromatic rings. The predicted molar refractivity (Wildman–Crippen MR) is 80.4 cm³/mol. The van der Waals surface area contributed by atoms with E-state index in [0.29, 0.717) is 12.1 Å². The summed E-state index contributed by atoms with van der Waals surface area (Å²) in [5, 5.41) is 12.6. The molecule has 124 valence electrons. The Morgan fingerprint density at radius 1 is 1.65 bits per heavy atom. The van der Waals surface area contributed by atoms with Crippen LogP contribution in [0.25, 0.3) is 11.2 Å². The van der Waals surface area contributed by atoms with Crippen molar-refractivity contribution in [1.29, 1.82) is 0 Å². The van der Waals surface area contributed by atoms with Crippen LogP contribution in [0.5, 0.6) is 0 Å². The number of hydrogen-bond acceptors (Lipinski definition) is 7. The minimum absolute atomic E-state index is 0.0206. The third kappa shape index (κ3) is 2.78. The van der Waals surface area contributed by atoms with Crippen LogP contribution in [-0.4, -0.2) is 48.8 Å². The number of carbonyl (C=O) groups excluding carboxylic acids is 1. The van der Waals surface area contributed by atoms with Gasteiger partial charge in [0.25, 0.3) is 5.56 Å². The zero-order valence-corrected chi connectivity index (χ0v) is 12.7. The fraction of sp³-hybridized carbons (Fsp3) is 0.538. The lowest BCUT2D eigenvalue weighted by molar-refractivity contribution is -0.120. The van der Waals surface area contributed by atoms with Crippen molar-refractivity contribution in [3.63, 3.8) is 0 Å². The number of hydrogen-bond donors (Lipinski definition) is 4. The molecule has 1 aliphatic heterocycles. The Hall–Kier alpha value is -2.46. The quantitative estimate of drug-likeness (QED) is 0.559. The molecule has 3 heterocycles. The average molecular weight is 322 g/mol. The predicted octanol–water partition coefficient (Wildman–Crippen LogP) is -1.13. The maximum Gasteiger partial charge on any atom is 0.280 e. The first-order chi connectivity index (χ1) is 10.9. The molecular formula is C13H18N6O4. The molecule has 10 nitrogen and oxygen atoms in total. The Labute approximate surface area is 130 Å². The van der Waals surface area contributed by atoms with Crippen molar-refractivity contribution in [3.8, 4) is 0 Å². The highest BCUT2D eigenvalue weighted by atomic mass is 16.5. The van der Waals surface area contributed by atoms with Crippen molar-refractivity contribution in [2.24, 2.45) is 0 Å². The van der Waals surface area contributed by atoms with Crippen LogP contribution in [0.1, 0.15) is 26.5 Å². The van der Waals surface area contributed by atoms with Gasteiger partial charge in [-0.25, -0.2) is 4.98 Å². The van der Waals surface area contributed by atoms with E-state index in [-0.39, 0.29) is 23.4 Å². The zero-order valence-electron chi connectivity index (χ0n) is 12.7. The number of ether oxygens (including phenoxy) is 1. The van der Waals surface area contributed by atoms with Crippen LogP contribution in [0.3, 0.4) is 0 Å². The Morgan fingerprint density at radius 2 is 2.39 bits per heavy atom. The van der Waals surface area contributed by atoms with Gasteiger partial charge in [0.05, 0.1) is 18.5 Å². The maximum atomic E-state index is 11.8. The molecule has 1 saturated heterocycles. The van der Waals surface area contributed by atoms with E-state index in [9.17, 15) is 14.7 Å². The number of anilines is 1. The summed E-state index contributed by atoms with van der Waals surface area (Å²) in [5.41, 5.74) is 5.59. The van der Waals surface area contributed by atoms with Crippen LogP contribution in [0, 0.1) is 0 Å². The molecule has 0 radical (unpaired) electrons. The van der Waals surface area contributed by atoms with Gasteiger partial charge >= 0.3 is 0 Å². The molecule has 0 aromatic carbocycles.